The van der Waals surface area contributed by atoms with Crippen molar-refractivity contribution < 1.29 is 24.3 Å². The van der Waals surface area contributed by atoms with Crippen molar-refractivity contribution in [2.45, 2.75) is 39.5 Å². The molecule has 3 N–H and O–H groups in total. The molecule has 19 heavy (non-hydrogen) atoms. The zero-order valence-corrected chi connectivity index (χ0v) is 12.0. The zero-order chi connectivity index (χ0) is 14.6. The molecule has 0 aliphatic carbocycles. The lowest BCUT2D eigenvalue weighted by Crippen LogP contribution is -2.15. The van der Waals surface area contributed by atoms with Crippen molar-refractivity contribution in [3.05, 3.63) is 28.8 Å². The van der Waals surface area contributed by atoms with Crippen molar-refractivity contribution in [1.29, 1.82) is 0 Å². The fraction of sp³-hybridized carbons (Fsp3) is 0.462. The van der Waals surface area contributed by atoms with Crippen molar-refractivity contribution in [2.24, 2.45) is 0 Å². The molecule has 0 bridgehead atoms. The Labute approximate surface area is 112 Å². The summed E-state index contributed by atoms with van der Waals surface area (Å²) in [5.41, 5.74) is 2.38. The Hall–Kier alpha value is -1.16. The van der Waals surface area contributed by atoms with Crippen molar-refractivity contribution in [1.82, 2.24) is 0 Å². The Balaban J connectivity index is 3.30. The molecule has 5 nitrogen and oxygen atoms in total. The second-order valence-electron chi connectivity index (χ2n) is 4.35. The van der Waals surface area contributed by atoms with Gasteiger partial charge in [-0.3, -0.25) is 9.36 Å². The number of aryl methyl sites for hydroxylation is 1. The smallest absolute Gasteiger partial charge is 0.356 e. The summed E-state index contributed by atoms with van der Waals surface area (Å²) in [7, 11) is -4.29. The zero-order valence-electron chi connectivity index (χ0n) is 11.1. The third kappa shape index (κ3) is 3.90. The molecule has 0 radical (unpaired) electrons. The maximum atomic E-state index is 11.5. The molecule has 0 atom stereocenters. The van der Waals surface area contributed by atoms with E-state index in [1.165, 1.54) is 6.07 Å². The molecule has 0 heterocycles. The van der Waals surface area contributed by atoms with Gasteiger partial charge in [0.1, 0.15) is 0 Å². The number of hydrogen-bond acceptors (Lipinski definition) is 2. The van der Waals surface area contributed by atoms with Crippen LogP contribution < -0.4 is 5.30 Å². The Morgan fingerprint density at radius 1 is 1.16 bits per heavy atom. The molecular weight excluding hydrogens is 267 g/mol. The first-order valence-corrected chi connectivity index (χ1v) is 7.84. The summed E-state index contributed by atoms with van der Waals surface area (Å²) in [6.45, 7) is 3.75. The summed E-state index contributed by atoms with van der Waals surface area (Å²) >= 11 is 0. The highest BCUT2D eigenvalue weighted by Gasteiger charge is 2.23. The lowest BCUT2D eigenvalue weighted by Gasteiger charge is -2.17. The molecule has 0 fully saturated rings. The van der Waals surface area contributed by atoms with E-state index in [0.29, 0.717) is 24.8 Å². The molecule has 0 aromatic heterocycles. The van der Waals surface area contributed by atoms with Crippen LogP contribution in [0.25, 0.3) is 0 Å². The van der Waals surface area contributed by atoms with E-state index in [1.807, 2.05) is 13.8 Å². The van der Waals surface area contributed by atoms with Crippen molar-refractivity contribution in [2.75, 3.05) is 0 Å². The summed E-state index contributed by atoms with van der Waals surface area (Å²) in [6.07, 6.45) is 1.55. The molecule has 0 aliphatic rings. The van der Waals surface area contributed by atoms with Gasteiger partial charge in [0.05, 0.1) is 5.30 Å². The highest BCUT2D eigenvalue weighted by atomic mass is 31.2. The maximum Gasteiger partial charge on any atom is 0.356 e. The lowest BCUT2D eigenvalue weighted by molar-refractivity contribution is -0.136. The quantitative estimate of drug-likeness (QED) is 0.691. The molecule has 6 heteroatoms. The van der Waals surface area contributed by atoms with Crippen LogP contribution in [0.15, 0.2) is 12.1 Å². The van der Waals surface area contributed by atoms with Gasteiger partial charge in [0.2, 0.25) is 0 Å². The van der Waals surface area contributed by atoms with Crippen molar-refractivity contribution >= 4 is 18.9 Å². The van der Waals surface area contributed by atoms with Crippen molar-refractivity contribution in [3.8, 4) is 0 Å². The van der Waals surface area contributed by atoms with E-state index in [4.69, 9.17) is 5.11 Å². The molecule has 0 amide bonds. The highest BCUT2D eigenvalue weighted by Crippen LogP contribution is 2.36. The molecule has 0 saturated carbocycles. The molecule has 0 saturated heterocycles. The van der Waals surface area contributed by atoms with E-state index >= 15 is 0 Å². The highest BCUT2D eigenvalue weighted by molar-refractivity contribution is 7.60. The van der Waals surface area contributed by atoms with Crippen LogP contribution in [0.5, 0.6) is 0 Å². The van der Waals surface area contributed by atoms with Gasteiger partial charge in [-0.1, -0.05) is 19.9 Å². The van der Waals surface area contributed by atoms with Crippen LogP contribution >= 0.6 is 7.60 Å². The van der Waals surface area contributed by atoms with E-state index in [-0.39, 0.29) is 11.7 Å². The second kappa shape index (κ2) is 6.33. The van der Waals surface area contributed by atoms with Gasteiger partial charge in [-0.05, 0) is 42.0 Å². The van der Waals surface area contributed by atoms with Gasteiger partial charge in [0.15, 0.2) is 0 Å². The predicted octanol–water partition coefficient (Wildman–Crippen LogP) is 1.63. The van der Waals surface area contributed by atoms with Gasteiger partial charge in [-0.2, -0.15) is 0 Å². The Morgan fingerprint density at radius 3 is 2.16 bits per heavy atom. The Morgan fingerprint density at radius 2 is 1.74 bits per heavy atom. The van der Waals surface area contributed by atoms with Gasteiger partial charge >= 0.3 is 13.6 Å². The van der Waals surface area contributed by atoms with Gasteiger partial charge in [-0.25, -0.2) is 0 Å². The summed E-state index contributed by atoms with van der Waals surface area (Å²) < 4.78 is 11.5. The molecule has 0 spiro atoms. The largest absolute Gasteiger partial charge is 0.481 e. The first kappa shape index (κ1) is 15.9. The molecule has 1 rings (SSSR count). The number of carboxylic acids is 1. The summed E-state index contributed by atoms with van der Waals surface area (Å²) in [4.78, 5) is 29.3. The van der Waals surface area contributed by atoms with E-state index in [2.05, 4.69) is 0 Å². The number of benzene rings is 1. The fourth-order valence-corrected chi connectivity index (χ4v) is 3.23. The van der Waals surface area contributed by atoms with Gasteiger partial charge in [0, 0.05) is 6.42 Å². The number of aliphatic carboxylic acids is 1. The Kier molecular flexibility index (Phi) is 5.29. The molecule has 1 aromatic rings. The van der Waals surface area contributed by atoms with Crippen LogP contribution in [0, 0.1) is 0 Å². The van der Waals surface area contributed by atoms with Gasteiger partial charge in [0.25, 0.3) is 0 Å². The average molecular weight is 286 g/mol. The van der Waals surface area contributed by atoms with E-state index in [9.17, 15) is 19.1 Å². The fourth-order valence-electron chi connectivity index (χ4n) is 2.31. The molecule has 0 unspecified atom stereocenters. The van der Waals surface area contributed by atoms with Crippen LogP contribution in [0.3, 0.4) is 0 Å². The van der Waals surface area contributed by atoms with Gasteiger partial charge in [-0.15, -0.1) is 0 Å². The summed E-state index contributed by atoms with van der Waals surface area (Å²) in [5.74, 6) is -0.876. The monoisotopic (exact) mass is 286 g/mol. The minimum atomic E-state index is -4.29. The third-order valence-electron chi connectivity index (χ3n) is 3.13. The minimum absolute atomic E-state index is 0.0193. The average Bonchev–Trinajstić information content (AvgIpc) is 2.33. The van der Waals surface area contributed by atoms with Gasteiger partial charge < -0.3 is 14.9 Å². The van der Waals surface area contributed by atoms with Crippen LogP contribution in [0.2, 0.25) is 0 Å². The molecule has 106 valence electrons. The second-order valence-corrected chi connectivity index (χ2v) is 5.92. The first-order chi connectivity index (χ1) is 8.81. The topological polar surface area (TPSA) is 94.8 Å². The predicted molar refractivity (Wildman–Crippen MR) is 72.8 cm³/mol. The maximum absolute atomic E-state index is 11.5. The third-order valence-corrected chi connectivity index (χ3v) is 4.18. The number of rotatable bonds is 6. The van der Waals surface area contributed by atoms with Crippen LogP contribution in [0.4, 0.5) is 0 Å². The Bertz CT molecular complexity index is 518. The standard InChI is InChI=1S/C13H19O5P/c1-3-10-9(6-8-13(14)15)5-7-12(11(10)4-2)19(16,17)18/h5,7H,3-4,6,8H2,1-2H3,(H,14,15)(H2,16,17,18). The summed E-state index contributed by atoms with van der Waals surface area (Å²) in [6, 6.07) is 3.06. The van der Waals surface area contributed by atoms with E-state index in [0.717, 1.165) is 11.1 Å². The van der Waals surface area contributed by atoms with Crippen LogP contribution in [0.1, 0.15) is 37.0 Å². The minimum Gasteiger partial charge on any atom is -0.481 e. The normalized spacial score (nSPS) is 11.6. The first-order valence-electron chi connectivity index (χ1n) is 6.22. The molecule has 1 aromatic carbocycles. The van der Waals surface area contributed by atoms with E-state index < -0.39 is 13.6 Å². The lowest BCUT2D eigenvalue weighted by atomic mass is 9.94. The molecular formula is C13H19O5P. The number of carbonyl (C=O) groups is 1. The van der Waals surface area contributed by atoms with Crippen molar-refractivity contribution in [3.63, 3.8) is 0 Å². The van der Waals surface area contributed by atoms with E-state index in [1.54, 1.807) is 6.07 Å². The number of carboxylic acid groups (broad SMARTS) is 1. The van der Waals surface area contributed by atoms with Crippen LogP contribution in [-0.4, -0.2) is 20.9 Å². The number of hydrogen-bond donors (Lipinski definition) is 3. The van der Waals surface area contributed by atoms with Crippen LogP contribution in [-0.2, 0) is 28.6 Å². The summed E-state index contributed by atoms with van der Waals surface area (Å²) in [5, 5.41) is 8.79. The SMILES string of the molecule is CCc1c(CCC(=O)O)ccc(P(=O)(O)O)c1CC. The molecule has 0 aliphatic heterocycles.